The number of carbonyl (C=O) groups is 2. The van der Waals surface area contributed by atoms with Crippen LogP contribution >= 0.6 is 11.8 Å². The second-order valence-electron chi connectivity index (χ2n) is 6.15. The molecule has 0 radical (unpaired) electrons. The van der Waals surface area contributed by atoms with Gasteiger partial charge >= 0.3 is 0 Å². The number of carbonyl (C=O) groups excluding carboxylic acids is 2. The van der Waals surface area contributed by atoms with Crippen molar-refractivity contribution in [1.29, 1.82) is 0 Å². The Kier molecular flexibility index (Phi) is 5.73. The molecule has 2 aliphatic heterocycles. The van der Waals surface area contributed by atoms with E-state index in [2.05, 4.69) is 11.4 Å². The van der Waals surface area contributed by atoms with Crippen molar-refractivity contribution in [3.8, 4) is 0 Å². The minimum absolute atomic E-state index is 0.0877. The molecule has 5 heteroatoms. The van der Waals surface area contributed by atoms with Gasteiger partial charge in [-0.05, 0) is 43.1 Å². The molecule has 0 saturated carbocycles. The molecule has 1 saturated heterocycles. The highest BCUT2D eigenvalue weighted by molar-refractivity contribution is 7.99. The van der Waals surface area contributed by atoms with Gasteiger partial charge in [0.15, 0.2) is 5.78 Å². The number of amides is 1. The summed E-state index contributed by atoms with van der Waals surface area (Å²) in [5, 5.41) is 3.38. The maximum Gasteiger partial charge on any atom is 0.223 e. The molecule has 0 spiro atoms. The number of hydrogen-bond acceptors (Lipinski definition) is 4. The first kappa shape index (κ1) is 16.5. The quantitative estimate of drug-likeness (QED) is 0.856. The first-order valence-electron chi connectivity index (χ1n) is 8.45. The molecular formula is C18H24N2O2S. The Morgan fingerprint density at radius 3 is 2.57 bits per heavy atom. The zero-order chi connectivity index (χ0) is 16.1. The van der Waals surface area contributed by atoms with Crippen molar-refractivity contribution in [3.05, 3.63) is 34.9 Å². The lowest BCUT2D eigenvalue weighted by atomic mass is 9.97. The molecule has 0 unspecified atom stereocenters. The van der Waals surface area contributed by atoms with E-state index in [-0.39, 0.29) is 11.7 Å². The van der Waals surface area contributed by atoms with Gasteiger partial charge in [-0.15, -0.1) is 0 Å². The number of nitrogens with one attached hydrogen (secondary N) is 1. The van der Waals surface area contributed by atoms with Crippen molar-refractivity contribution in [2.45, 2.75) is 25.7 Å². The fourth-order valence-electron chi connectivity index (χ4n) is 3.18. The summed E-state index contributed by atoms with van der Waals surface area (Å²) in [4.78, 5) is 26.5. The van der Waals surface area contributed by atoms with E-state index in [4.69, 9.17) is 0 Å². The smallest absolute Gasteiger partial charge is 0.223 e. The normalized spacial score (nSPS) is 18.2. The summed E-state index contributed by atoms with van der Waals surface area (Å²) in [6.07, 6.45) is 2.65. The number of Topliss-reactive ketones (excluding diaryl/α,β-unsaturated/α-hetero) is 1. The molecule has 0 aliphatic carbocycles. The number of hydrogen-bond donors (Lipinski definition) is 1. The van der Waals surface area contributed by atoms with E-state index >= 15 is 0 Å². The van der Waals surface area contributed by atoms with E-state index in [9.17, 15) is 9.59 Å². The fourth-order valence-corrected chi connectivity index (χ4v) is 4.09. The summed E-state index contributed by atoms with van der Waals surface area (Å²) in [7, 11) is 0. The van der Waals surface area contributed by atoms with Crippen molar-refractivity contribution in [2.75, 3.05) is 37.7 Å². The number of fused-ring (bicyclic) bond motifs is 1. The monoisotopic (exact) mass is 332 g/mol. The van der Waals surface area contributed by atoms with E-state index in [1.807, 2.05) is 28.8 Å². The van der Waals surface area contributed by atoms with Gasteiger partial charge < -0.3 is 10.2 Å². The van der Waals surface area contributed by atoms with Crippen LogP contribution in [-0.2, 0) is 17.6 Å². The summed E-state index contributed by atoms with van der Waals surface area (Å²) in [5.41, 5.74) is 3.38. The van der Waals surface area contributed by atoms with Crippen LogP contribution in [0.1, 0.15) is 34.3 Å². The van der Waals surface area contributed by atoms with E-state index < -0.39 is 0 Å². The molecule has 1 fully saturated rings. The Morgan fingerprint density at radius 1 is 1.04 bits per heavy atom. The summed E-state index contributed by atoms with van der Waals surface area (Å²) >= 11 is 1.89. The van der Waals surface area contributed by atoms with Gasteiger partial charge in [0.1, 0.15) is 0 Å². The van der Waals surface area contributed by atoms with E-state index in [1.165, 1.54) is 11.1 Å². The first-order chi connectivity index (χ1) is 11.2. The molecule has 23 heavy (non-hydrogen) atoms. The van der Waals surface area contributed by atoms with Crippen molar-refractivity contribution >= 4 is 23.5 Å². The largest absolute Gasteiger partial charge is 0.341 e. The molecule has 0 aromatic heterocycles. The highest BCUT2D eigenvalue weighted by atomic mass is 32.2. The van der Waals surface area contributed by atoms with Crippen LogP contribution in [0.25, 0.3) is 0 Å². The molecule has 1 aromatic carbocycles. The van der Waals surface area contributed by atoms with Gasteiger partial charge in [-0.25, -0.2) is 0 Å². The van der Waals surface area contributed by atoms with Gasteiger partial charge in [0.2, 0.25) is 5.91 Å². The molecule has 4 nitrogen and oxygen atoms in total. The highest BCUT2D eigenvalue weighted by Crippen LogP contribution is 2.18. The third-order valence-electron chi connectivity index (χ3n) is 4.60. The molecule has 3 rings (SSSR count). The first-order valence-corrected chi connectivity index (χ1v) is 9.61. The van der Waals surface area contributed by atoms with Crippen molar-refractivity contribution in [1.82, 2.24) is 10.2 Å². The van der Waals surface area contributed by atoms with Gasteiger partial charge in [0.05, 0.1) is 0 Å². The van der Waals surface area contributed by atoms with Crippen molar-refractivity contribution in [3.63, 3.8) is 0 Å². The van der Waals surface area contributed by atoms with Gasteiger partial charge in [-0.2, -0.15) is 11.8 Å². The summed E-state index contributed by atoms with van der Waals surface area (Å²) in [6, 6.07) is 6.04. The number of benzene rings is 1. The lowest BCUT2D eigenvalue weighted by Crippen LogP contribution is -2.37. The van der Waals surface area contributed by atoms with Gasteiger partial charge in [0, 0.05) is 43.0 Å². The SMILES string of the molecule is O=C(CCC(=O)N1CCSCC1)c1ccc2c(c1)CCNCC2. The summed E-state index contributed by atoms with van der Waals surface area (Å²) in [5.74, 6) is 2.24. The Bertz CT molecular complexity index is 582. The second-order valence-corrected chi connectivity index (χ2v) is 7.37. The lowest BCUT2D eigenvalue weighted by molar-refractivity contribution is -0.130. The average Bonchev–Trinajstić information content (AvgIpc) is 2.84. The average molecular weight is 332 g/mol. The standard InChI is InChI=1S/C18H24N2O2S/c21-17(3-4-18(22)20-9-11-23-12-10-20)16-2-1-14-5-7-19-8-6-15(14)13-16/h1-2,13,19H,3-12H2. The van der Waals surface area contributed by atoms with Crippen LogP contribution in [0.3, 0.4) is 0 Å². The molecule has 2 heterocycles. The van der Waals surface area contributed by atoms with Crippen LogP contribution in [0.15, 0.2) is 18.2 Å². The van der Waals surface area contributed by atoms with Gasteiger partial charge in [-0.3, -0.25) is 9.59 Å². The van der Waals surface area contributed by atoms with Crippen LogP contribution in [0.2, 0.25) is 0 Å². The highest BCUT2D eigenvalue weighted by Gasteiger charge is 2.18. The van der Waals surface area contributed by atoms with Crippen molar-refractivity contribution < 1.29 is 9.59 Å². The Morgan fingerprint density at radius 2 is 1.78 bits per heavy atom. The maximum atomic E-state index is 12.4. The molecule has 1 amide bonds. The minimum atomic E-state index is 0.0877. The van der Waals surface area contributed by atoms with Crippen LogP contribution in [-0.4, -0.2) is 54.3 Å². The van der Waals surface area contributed by atoms with Gasteiger partial charge in [0.25, 0.3) is 0 Å². The number of rotatable bonds is 4. The molecule has 0 bridgehead atoms. The number of thioether (sulfide) groups is 1. The Balaban J connectivity index is 1.57. The minimum Gasteiger partial charge on any atom is -0.341 e. The lowest BCUT2D eigenvalue weighted by Gasteiger charge is -2.26. The van der Waals surface area contributed by atoms with Crippen LogP contribution in [0, 0.1) is 0 Å². The topological polar surface area (TPSA) is 49.4 Å². The fraction of sp³-hybridized carbons (Fsp3) is 0.556. The zero-order valence-electron chi connectivity index (χ0n) is 13.5. The second kappa shape index (κ2) is 7.97. The molecule has 2 aliphatic rings. The molecule has 0 atom stereocenters. The van der Waals surface area contributed by atoms with Crippen LogP contribution in [0.4, 0.5) is 0 Å². The van der Waals surface area contributed by atoms with E-state index in [0.29, 0.717) is 12.8 Å². The van der Waals surface area contributed by atoms with Gasteiger partial charge in [-0.1, -0.05) is 12.1 Å². The molecular weight excluding hydrogens is 308 g/mol. The van der Waals surface area contributed by atoms with E-state index in [1.54, 1.807) is 0 Å². The van der Waals surface area contributed by atoms with Crippen LogP contribution < -0.4 is 5.32 Å². The van der Waals surface area contributed by atoms with E-state index in [0.717, 1.165) is 56.1 Å². The Hall–Kier alpha value is -1.33. The summed E-state index contributed by atoms with van der Waals surface area (Å²) in [6.45, 7) is 3.62. The van der Waals surface area contributed by atoms with Crippen molar-refractivity contribution in [2.24, 2.45) is 0 Å². The predicted octanol–water partition coefficient (Wildman–Crippen LogP) is 1.91. The molecule has 124 valence electrons. The zero-order valence-corrected chi connectivity index (χ0v) is 14.3. The number of ketones is 1. The third-order valence-corrected chi connectivity index (χ3v) is 5.54. The molecule has 1 N–H and O–H groups in total. The maximum absolute atomic E-state index is 12.4. The number of nitrogens with zero attached hydrogens (tertiary/aromatic N) is 1. The predicted molar refractivity (Wildman–Crippen MR) is 94.2 cm³/mol. The Labute approximate surface area is 142 Å². The third kappa shape index (κ3) is 4.36. The molecule has 1 aromatic rings. The van der Waals surface area contributed by atoms with Crippen LogP contribution in [0.5, 0.6) is 0 Å². The summed E-state index contributed by atoms with van der Waals surface area (Å²) < 4.78 is 0.